The molecule has 1 aliphatic rings. The molecule has 94 valence electrons. The van der Waals surface area contributed by atoms with Gasteiger partial charge in [0.25, 0.3) is 0 Å². The summed E-state index contributed by atoms with van der Waals surface area (Å²) in [6.07, 6.45) is -0.0769. The van der Waals surface area contributed by atoms with Gasteiger partial charge in [-0.2, -0.15) is 13.2 Å². The molecule has 1 fully saturated rings. The second-order valence-corrected chi connectivity index (χ2v) is 4.43. The number of halogens is 3. The van der Waals surface area contributed by atoms with Crippen molar-refractivity contribution in [2.45, 2.75) is 37.9 Å². The van der Waals surface area contributed by atoms with Crippen LogP contribution >= 0.6 is 0 Å². The van der Waals surface area contributed by atoms with Gasteiger partial charge in [0.15, 0.2) is 0 Å². The molecule has 1 aromatic carbocycles. The highest BCUT2D eigenvalue weighted by Gasteiger charge is 2.33. The lowest BCUT2D eigenvalue weighted by molar-refractivity contribution is -0.136. The Labute approximate surface area is 98.0 Å². The summed E-state index contributed by atoms with van der Waals surface area (Å²) in [5.74, 6) is 0. The van der Waals surface area contributed by atoms with Crippen molar-refractivity contribution in [2.75, 3.05) is 11.1 Å². The van der Waals surface area contributed by atoms with Crippen LogP contribution in [0.25, 0.3) is 0 Å². The molecule has 0 unspecified atom stereocenters. The molecule has 0 aromatic heterocycles. The van der Waals surface area contributed by atoms with Crippen LogP contribution in [0, 0.1) is 0 Å². The molecule has 0 radical (unpaired) electrons. The van der Waals surface area contributed by atoms with Crippen LogP contribution in [0.1, 0.15) is 31.2 Å². The van der Waals surface area contributed by atoms with Gasteiger partial charge >= 0.3 is 6.18 Å². The van der Waals surface area contributed by atoms with Crippen molar-refractivity contribution < 1.29 is 13.2 Å². The summed E-state index contributed by atoms with van der Waals surface area (Å²) in [4.78, 5) is 0. The molecule has 0 heterocycles. The van der Waals surface area contributed by atoms with Gasteiger partial charge in [-0.3, -0.25) is 0 Å². The standard InChI is InChI=1S/C12H15F3N2/c13-12(14,15)10-7-9(5-6-11(10)16)17-8-3-1-2-4-8/h5-8,17H,1-4,16H2. The fraction of sp³-hybridized carbons (Fsp3) is 0.500. The maximum atomic E-state index is 12.6. The van der Waals surface area contributed by atoms with Gasteiger partial charge in [0.1, 0.15) is 0 Å². The number of anilines is 2. The third-order valence-electron chi connectivity index (χ3n) is 3.08. The molecule has 0 atom stereocenters. The quantitative estimate of drug-likeness (QED) is 0.779. The highest BCUT2D eigenvalue weighted by atomic mass is 19.4. The first kappa shape index (κ1) is 12.1. The lowest BCUT2D eigenvalue weighted by atomic mass is 10.1. The minimum Gasteiger partial charge on any atom is -0.398 e. The zero-order chi connectivity index (χ0) is 12.5. The highest BCUT2D eigenvalue weighted by molar-refractivity contribution is 5.58. The largest absolute Gasteiger partial charge is 0.418 e. The van der Waals surface area contributed by atoms with Crippen LogP contribution in [0.4, 0.5) is 24.5 Å². The van der Waals surface area contributed by atoms with Crippen molar-refractivity contribution in [2.24, 2.45) is 0 Å². The van der Waals surface area contributed by atoms with Gasteiger partial charge in [-0.05, 0) is 31.0 Å². The van der Waals surface area contributed by atoms with E-state index in [1.807, 2.05) is 0 Å². The first-order chi connectivity index (χ1) is 7.97. The van der Waals surface area contributed by atoms with Crippen LogP contribution in [0.5, 0.6) is 0 Å². The number of nitrogen functional groups attached to an aromatic ring is 1. The van der Waals surface area contributed by atoms with E-state index in [1.165, 1.54) is 6.07 Å². The third kappa shape index (κ3) is 2.84. The van der Waals surface area contributed by atoms with Crippen molar-refractivity contribution in [3.8, 4) is 0 Å². The molecular weight excluding hydrogens is 229 g/mol. The molecule has 1 saturated carbocycles. The molecule has 1 aliphatic carbocycles. The Balaban J connectivity index is 2.18. The van der Waals surface area contributed by atoms with Crippen molar-refractivity contribution in [3.63, 3.8) is 0 Å². The minimum absolute atomic E-state index is 0.227. The number of hydrogen-bond donors (Lipinski definition) is 2. The zero-order valence-electron chi connectivity index (χ0n) is 9.35. The molecule has 2 rings (SSSR count). The SMILES string of the molecule is Nc1ccc(NC2CCCC2)cc1C(F)(F)F. The molecule has 5 heteroatoms. The lowest BCUT2D eigenvalue weighted by Crippen LogP contribution is -2.16. The first-order valence-electron chi connectivity index (χ1n) is 5.70. The van der Waals surface area contributed by atoms with Gasteiger partial charge in [0.05, 0.1) is 5.56 Å². The predicted octanol–water partition coefficient (Wildman–Crippen LogP) is 3.64. The molecule has 0 amide bonds. The van der Waals surface area contributed by atoms with E-state index in [0.29, 0.717) is 11.7 Å². The molecule has 17 heavy (non-hydrogen) atoms. The molecule has 0 aliphatic heterocycles. The van der Waals surface area contributed by atoms with Gasteiger partial charge in [0.2, 0.25) is 0 Å². The van der Waals surface area contributed by atoms with Gasteiger partial charge < -0.3 is 11.1 Å². The second-order valence-electron chi connectivity index (χ2n) is 4.43. The lowest BCUT2D eigenvalue weighted by Gasteiger charge is -2.16. The summed E-state index contributed by atoms with van der Waals surface area (Å²) < 4.78 is 37.9. The smallest absolute Gasteiger partial charge is 0.398 e. The van der Waals surface area contributed by atoms with E-state index >= 15 is 0 Å². The molecule has 2 nitrogen and oxygen atoms in total. The van der Waals surface area contributed by atoms with Crippen LogP contribution in [-0.4, -0.2) is 6.04 Å². The summed E-state index contributed by atoms with van der Waals surface area (Å²) in [7, 11) is 0. The zero-order valence-corrected chi connectivity index (χ0v) is 9.35. The van der Waals surface area contributed by atoms with E-state index in [-0.39, 0.29) is 5.69 Å². The van der Waals surface area contributed by atoms with Gasteiger partial charge in [-0.25, -0.2) is 0 Å². The van der Waals surface area contributed by atoms with E-state index in [2.05, 4.69) is 5.32 Å². The van der Waals surface area contributed by atoms with Gasteiger partial charge in [-0.15, -0.1) is 0 Å². The van der Waals surface area contributed by atoms with Crippen molar-refractivity contribution in [1.82, 2.24) is 0 Å². The fourth-order valence-corrected chi connectivity index (χ4v) is 2.20. The van der Waals surface area contributed by atoms with E-state index in [9.17, 15) is 13.2 Å². The van der Waals surface area contributed by atoms with E-state index < -0.39 is 11.7 Å². The summed E-state index contributed by atoms with van der Waals surface area (Å²) in [5.41, 5.74) is 4.84. The average Bonchev–Trinajstić information content (AvgIpc) is 2.72. The maximum absolute atomic E-state index is 12.6. The van der Waals surface area contributed by atoms with E-state index in [0.717, 1.165) is 31.7 Å². The molecule has 0 bridgehead atoms. The number of alkyl halides is 3. The summed E-state index contributed by atoms with van der Waals surface area (Å²) in [6, 6.07) is 4.29. The Morgan fingerprint density at radius 3 is 2.41 bits per heavy atom. The number of nitrogens with two attached hydrogens (primary N) is 1. The van der Waals surface area contributed by atoms with Crippen LogP contribution in [-0.2, 0) is 6.18 Å². The number of nitrogens with one attached hydrogen (secondary N) is 1. The maximum Gasteiger partial charge on any atom is 0.418 e. The minimum atomic E-state index is -4.39. The van der Waals surface area contributed by atoms with Crippen molar-refractivity contribution in [3.05, 3.63) is 23.8 Å². The Kier molecular flexibility index (Phi) is 3.17. The average molecular weight is 244 g/mol. The predicted molar refractivity (Wildman–Crippen MR) is 61.7 cm³/mol. The number of rotatable bonds is 2. The van der Waals surface area contributed by atoms with E-state index in [1.54, 1.807) is 6.07 Å². The van der Waals surface area contributed by atoms with Crippen LogP contribution < -0.4 is 11.1 Å². The van der Waals surface area contributed by atoms with E-state index in [4.69, 9.17) is 5.73 Å². The monoisotopic (exact) mass is 244 g/mol. The fourth-order valence-electron chi connectivity index (χ4n) is 2.20. The Morgan fingerprint density at radius 1 is 1.18 bits per heavy atom. The normalized spacial score (nSPS) is 17.4. The summed E-state index contributed by atoms with van der Waals surface area (Å²) in [6.45, 7) is 0. The van der Waals surface area contributed by atoms with Crippen LogP contribution in [0.2, 0.25) is 0 Å². The number of benzene rings is 1. The summed E-state index contributed by atoms with van der Waals surface area (Å²) >= 11 is 0. The van der Waals surface area contributed by atoms with Gasteiger partial charge in [-0.1, -0.05) is 12.8 Å². The van der Waals surface area contributed by atoms with Crippen molar-refractivity contribution in [1.29, 1.82) is 0 Å². The Morgan fingerprint density at radius 2 is 1.82 bits per heavy atom. The molecular formula is C12H15F3N2. The van der Waals surface area contributed by atoms with Crippen molar-refractivity contribution >= 4 is 11.4 Å². The Hall–Kier alpha value is -1.39. The summed E-state index contributed by atoms with van der Waals surface area (Å²) in [5, 5.41) is 3.12. The number of hydrogen-bond acceptors (Lipinski definition) is 2. The third-order valence-corrected chi connectivity index (χ3v) is 3.08. The van der Waals surface area contributed by atoms with Crippen LogP contribution in [0.15, 0.2) is 18.2 Å². The second kappa shape index (κ2) is 4.47. The molecule has 0 spiro atoms. The Bertz CT molecular complexity index is 395. The topological polar surface area (TPSA) is 38.0 Å². The highest BCUT2D eigenvalue weighted by Crippen LogP contribution is 2.35. The molecule has 3 N–H and O–H groups in total. The van der Waals surface area contributed by atoms with Crippen LogP contribution in [0.3, 0.4) is 0 Å². The first-order valence-corrected chi connectivity index (χ1v) is 5.70. The molecule has 0 saturated heterocycles. The van der Waals surface area contributed by atoms with Gasteiger partial charge in [0, 0.05) is 17.4 Å². The molecule has 1 aromatic rings.